The van der Waals surface area contributed by atoms with Gasteiger partial charge in [0.2, 0.25) is 0 Å². The molecule has 0 bridgehead atoms. The van der Waals surface area contributed by atoms with Crippen molar-refractivity contribution in [1.82, 2.24) is 16.0 Å². The summed E-state index contributed by atoms with van der Waals surface area (Å²) in [5.41, 5.74) is 8.39. The highest BCUT2D eigenvalue weighted by atomic mass is 35.5. The number of halogens is 1. The van der Waals surface area contributed by atoms with E-state index in [9.17, 15) is 0 Å². The Hall–Kier alpha value is -2.05. The van der Waals surface area contributed by atoms with Gasteiger partial charge in [0.05, 0.1) is 12.7 Å². The van der Waals surface area contributed by atoms with Gasteiger partial charge in [0.1, 0.15) is 6.23 Å². The van der Waals surface area contributed by atoms with Crippen LogP contribution < -0.4 is 16.0 Å². The van der Waals surface area contributed by atoms with Gasteiger partial charge in [-0.15, -0.1) is 0 Å². The van der Waals surface area contributed by atoms with Crippen LogP contribution in [-0.2, 0) is 28.9 Å². The molecule has 3 heterocycles. The van der Waals surface area contributed by atoms with Crippen LogP contribution >= 0.6 is 11.6 Å². The summed E-state index contributed by atoms with van der Waals surface area (Å²) in [5, 5.41) is 10.9. The minimum absolute atomic E-state index is 0.165. The quantitative estimate of drug-likeness (QED) is 0.367. The van der Waals surface area contributed by atoms with Crippen LogP contribution in [0.25, 0.3) is 0 Å². The summed E-state index contributed by atoms with van der Waals surface area (Å²) in [6.07, 6.45) is 12.6. The van der Waals surface area contributed by atoms with E-state index in [4.69, 9.17) is 21.1 Å². The first-order chi connectivity index (χ1) is 15.6. The number of nitrogens with one attached hydrogen (secondary N) is 3. The van der Waals surface area contributed by atoms with E-state index >= 15 is 0 Å². The molecule has 0 saturated carbocycles. The van der Waals surface area contributed by atoms with Gasteiger partial charge in [0, 0.05) is 49.2 Å². The smallest absolute Gasteiger partial charge is 0.132 e. The highest BCUT2D eigenvalue weighted by Crippen LogP contribution is 2.32. The van der Waals surface area contributed by atoms with Crippen LogP contribution in [0.15, 0.2) is 53.9 Å². The average molecular weight is 456 g/mol. The number of rotatable bonds is 10. The van der Waals surface area contributed by atoms with E-state index < -0.39 is 0 Å². The topological polar surface area (TPSA) is 57.9 Å². The molecular weight excluding hydrogens is 422 g/mol. The van der Waals surface area contributed by atoms with E-state index in [0.717, 1.165) is 73.8 Å². The number of allylic oxidation sites excluding steroid dienone is 3. The third-order valence-corrected chi connectivity index (χ3v) is 6.87. The highest BCUT2D eigenvalue weighted by Gasteiger charge is 2.25. The van der Waals surface area contributed by atoms with Crippen molar-refractivity contribution >= 4 is 11.6 Å². The minimum atomic E-state index is 0.165. The Balaban J connectivity index is 1.57. The molecule has 5 nitrogen and oxygen atoms in total. The first-order valence-electron chi connectivity index (χ1n) is 11.5. The largest absolute Gasteiger partial charge is 0.393 e. The predicted octanol–water partition coefficient (Wildman–Crippen LogP) is 4.06. The van der Waals surface area contributed by atoms with Gasteiger partial charge in [-0.05, 0) is 66.5 Å². The maximum Gasteiger partial charge on any atom is 0.132 e. The molecule has 0 spiro atoms. The van der Waals surface area contributed by atoms with Crippen molar-refractivity contribution in [2.75, 3.05) is 26.8 Å². The van der Waals surface area contributed by atoms with Gasteiger partial charge in [0.25, 0.3) is 0 Å². The predicted molar refractivity (Wildman–Crippen MR) is 131 cm³/mol. The Labute approximate surface area is 196 Å². The van der Waals surface area contributed by atoms with Crippen LogP contribution in [0.2, 0.25) is 5.02 Å². The first-order valence-corrected chi connectivity index (χ1v) is 11.9. The second kappa shape index (κ2) is 10.7. The number of hydrogen-bond acceptors (Lipinski definition) is 5. The summed E-state index contributed by atoms with van der Waals surface area (Å²) in [7, 11) is 1.89. The molecule has 2 unspecified atom stereocenters. The van der Waals surface area contributed by atoms with E-state index in [-0.39, 0.29) is 12.3 Å². The molecule has 6 heteroatoms. The summed E-state index contributed by atoms with van der Waals surface area (Å²) in [6.45, 7) is 9.22. The number of dihydropyridines is 1. The molecule has 0 aromatic heterocycles. The summed E-state index contributed by atoms with van der Waals surface area (Å²) in [5.74, 6) is 0. The number of benzene rings is 1. The molecule has 0 amide bonds. The zero-order valence-electron chi connectivity index (χ0n) is 19.1. The Morgan fingerprint density at radius 2 is 2.16 bits per heavy atom. The highest BCUT2D eigenvalue weighted by molar-refractivity contribution is 6.32. The normalized spacial score (nSPS) is 22.8. The van der Waals surface area contributed by atoms with Gasteiger partial charge in [0.15, 0.2) is 0 Å². The van der Waals surface area contributed by atoms with Crippen molar-refractivity contribution in [1.29, 1.82) is 0 Å². The number of ether oxygens (including phenoxy) is 2. The summed E-state index contributed by atoms with van der Waals surface area (Å²) >= 11 is 6.93. The second-order valence-electron chi connectivity index (χ2n) is 8.68. The number of hydrogen-bond donors (Lipinski definition) is 3. The van der Waals surface area contributed by atoms with E-state index in [0.29, 0.717) is 0 Å². The van der Waals surface area contributed by atoms with E-state index in [2.05, 4.69) is 47.7 Å². The Morgan fingerprint density at radius 3 is 2.78 bits per heavy atom. The minimum Gasteiger partial charge on any atom is -0.393 e. The van der Waals surface area contributed by atoms with Crippen molar-refractivity contribution in [3.05, 3.63) is 81.2 Å². The summed E-state index contributed by atoms with van der Waals surface area (Å²) < 4.78 is 11.3. The van der Waals surface area contributed by atoms with Crippen molar-refractivity contribution in [3.8, 4) is 0 Å². The van der Waals surface area contributed by atoms with Crippen LogP contribution in [0.4, 0.5) is 0 Å². The molecule has 3 aliphatic heterocycles. The van der Waals surface area contributed by atoms with Crippen LogP contribution in [0.1, 0.15) is 35.1 Å². The van der Waals surface area contributed by atoms with Gasteiger partial charge < -0.3 is 20.1 Å². The van der Waals surface area contributed by atoms with E-state index in [1.54, 1.807) is 0 Å². The Morgan fingerprint density at radius 1 is 1.31 bits per heavy atom. The average Bonchev–Trinajstić information content (AvgIpc) is 3.49. The first kappa shape index (κ1) is 23.1. The lowest BCUT2D eigenvalue weighted by atomic mass is 9.91. The zero-order chi connectivity index (χ0) is 22.5. The molecule has 3 aliphatic rings. The third kappa shape index (κ3) is 5.65. The van der Waals surface area contributed by atoms with Crippen molar-refractivity contribution in [2.24, 2.45) is 0 Å². The molecule has 3 N–H and O–H groups in total. The van der Waals surface area contributed by atoms with Gasteiger partial charge in [-0.2, -0.15) is 0 Å². The van der Waals surface area contributed by atoms with Crippen LogP contribution in [-0.4, -0.2) is 39.1 Å². The Bertz CT molecular complexity index is 941. The fraction of sp³-hybridized carbons (Fsp3) is 0.462. The molecular formula is C26H34ClN3O2. The molecule has 32 heavy (non-hydrogen) atoms. The van der Waals surface area contributed by atoms with E-state index in [1.807, 2.05) is 19.3 Å². The van der Waals surface area contributed by atoms with Gasteiger partial charge in [-0.3, -0.25) is 5.32 Å². The molecule has 4 rings (SSSR count). The van der Waals surface area contributed by atoms with Gasteiger partial charge >= 0.3 is 0 Å². The summed E-state index contributed by atoms with van der Waals surface area (Å²) in [4.78, 5) is 0. The molecule has 2 fully saturated rings. The van der Waals surface area contributed by atoms with Crippen molar-refractivity contribution in [3.63, 3.8) is 0 Å². The lowest BCUT2D eigenvalue weighted by Gasteiger charge is -2.22. The number of epoxide rings is 1. The lowest BCUT2D eigenvalue weighted by molar-refractivity contribution is 0.111. The van der Waals surface area contributed by atoms with Crippen LogP contribution in [0.3, 0.4) is 0 Å². The monoisotopic (exact) mass is 455 g/mol. The molecule has 1 aromatic rings. The van der Waals surface area contributed by atoms with Gasteiger partial charge in [-0.25, -0.2) is 0 Å². The molecule has 2 saturated heterocycles. The van der Waals surface area contributed by atoms with Crippen molar-refractivity contribution < 1.29 is 9.47 Å². The lowest BCUT2D eigenvalue weighted by Crippen LogP contribution is -2.23. The molecule has 172 valence electrons. The maximum absolute atomic E-state index is 6.93. The fourth-order valence-electron chi connectivity index (χ4n) is 4.40. The van der Waals surface area contributed by atoms with Crippen LogP contribution in [0.5, 0.6) is 0 Å². The molecule has 0 radical (unpaired) electrons. The molecule has 2 atom stereocenters. The van der Waals surface area contributed by atoms with Gasteiger partial charge in [-0.1, -0.05) is 36.4 Å². The molecule has 1 aromatic carbocycles. The SMILES string of the molecule is C=C/C(=C\NC)C1=CC=C(Cc2cc(CC3CCCO3)c(CNC3CO3)c(Cl)c2C)CN1. The van der Waals surface area contributed by atoms with E-state index in [1.165, 1.54) is 22.3 Å². The molecule has 0 aliphatic carbocycles. The Kier molecular flexibility index (Phi) is 7.74. The summed E-state index contributed by atoms with van der Waals surface area (Å²) in [6, 6.07) is 2.35. The fourth-order valence-corrected chi connectivity index (χ4v) is 4.71. The van der Waals surface area contributed by atoms with Crippen LogP contribution in [0, 0.1) is 6.92 Å². The standard InChI is InChI=1S/C26H34ClN3O2/c1-4-19(14-28-3)24-8-7-18(13-29-24)10-20-11-21(12-22-6-5-9-31-22)23(26(27)17(20)2)15-30-25-16-32-25/h4,7-8,11,14,22,25,28-30H,1,5-6,9-10,12-13,15-16H2,2-3H3/b19-14+. The second-order valence-corrected chi connectivity index (χ2v) is 9.06. The van der Waals surface area contributed by atoms with Crippen molar-refractivity contribution in [2.45, 2.75) is 51.5 Å². The zero-order valence-corrected chi connectivity index (χ0v) is 19.9. The maximum atomic E-state index is 6.93. The third-order valence-electron chi connectivity index (χ3n) is 6.36.